The Hall–Kier alpha value is -1.14. The molecule has 0 radical (unpaired) electrons. The van der Waals surface area contributed by atoms with E-state index in [1.165, 1.54) is 11.3 Å². The molecule has 1 fully saturated rings. The van der Waals surface area contributed by atoms with Crippen molar-refractivity contribution in [2.75, 3.05) is 25.1 Å². The minimum Gasteiger partial charge on any atom is -0.481 e. The number of aromatic nitrogens is 1. The summed E-state index contributed by atoms with van der Waals surface area (Å²) in [5, 5.41) is 15.2. The molecule has 0 unspecified atom stereocenters. The number of nitrogens with zero attached hydrogens (tertiary/aromatic N) is 1. The van der Waals surface area contributed by atoms with Gasteiger partial charge in [0.05, 0.1) is 5.69 Å². The second-order valence-electron chi connectivity index (χ2n) is 6.24. The molecule has 1 aliphatic rings. The van der Waals surface area contributed by atoms with Crippen LogP contribution < -0.4 is 5.32 Å². The van der Waals surface area contributed by atoms with Crippen molar-refractivity contribution < 1.29 is 14.6 Å². The van der Waals surface area contributed by atoms with Crippen molar-refractivity contribution in [3.8, 4) is 0 Å². The monoisotopic (exact) mass is 298 g/mol. The minimum atomic E-state index is -0.945. The molecule has 2 rings (SSSR count). The maximum atomic E-state index is 11.2. The predicted molar refractivity (Wildman–Crippen MR) is 79.4 cm³/mol. The van der Waals surface area contributed by atoms with E-state index in [0.717, 1.165) is 37.7 Å². The second-order valence-corrected chi connectivity index (χ2v) is 7.10. The quantitative estimate of drug-likeness (QED) is 0.874. The Morgan fingerprint density at radius 1 is 1.55 bits per heavy atom. The highest BCUT2D eigenvalue weighted by Crippen LogP contribution is 2.32. The molecule has 1 saturated heterocycles. The molecule has 0 atom stereocenters. The molecule has 112 valence electrons. The zero-order valence-corrected chi connectivity index (χ0v) is 13.0. The fourth-order valence-electron chi connectivity index (χ4n) is 2.08. The summed E-state index contributed by atoms with van der Waals surface area (Å²) in [5.74, 6) is -0.856. The average molecular weight is 298 g/mol. The molecule has 0 bridgehead atoms. The number of anilines is 1. The van der Waals surface area contributed by atoms with E-state index in [-0.39, 0.29) is 5.41 Å². The first-order valence-corrected chi connectivity index (χ1v) is 7.72. The van der Waals surface area contributed by atoms with Crippen LogP contribution in [-0.2, 0) is 14.9 Å². The first-order valence-electron chi connectivity index (χ1n) is 6.85. The number of rotatable bonds is 5. The third-order valence-electron chi connectivity index (χ3n) is 4.05. The summed E-state index contributed by atoms with van der Waals surface area (Å²) < 4.78 is 5.39. The molecule has 1 aliphatic heterocycles. The Labute approximate surface area is 123 Å². The summed E-state index contributed by atoms with van der Waals surface area (Å²) in [6.07, 6.45) is 2.08. The maximum absolute atomic E-state index is 11.2. The van der Waals surface area contributed by atoms with Crippen LogP contribution in [0.4, 0.5) is 5.13 Å². The van der Waals surface area contributed by atoms with Gasteiger partial charge in [0.15, 0.2) is 5.13 Å². The average Bonchev–Trinajstić information content (AvgIpc) is 2.87. The molecule has 5 nitrogen and oxygen atoms in total. The molecule has 20 heavy (non-hydrogen) atoms. The lowest BCUT2D eigenvalue weighted by Gasteiger charge is -2.33. The first kappa shape index (κ1) is 15.3. The van der Waals surface area contributed by atoms with Crippen molar-refractivity contribution in [3.05, 3.63) is 11.1 Å². The predicted octanol–water partition coefficient (Wildman–Crippen LogP) is 2.73. The minimum absolute atomic E-state index is 0.229. The van der Waals surface area contributed by atoms with Crippen molar-refractivity contribution in [1.82, 2.24) is 4.98 Å². The van der Waals surface area contributed by atoms with E-state index < -0.39 is 11.4 Å². The zero-order valence-electron chi connectivity index (χ0n) is 12.2. The number of thiazole rings is 1. The molecular formula is C14H22N2O3S. The normalized spacial score (nSPS) is 18.8. The Balaban J connectivity index is 1.98. The lowest BCUT2D eigenvalue weighted by Crippen LogP contribution is -2.33. The number of carboxylic acid groups (broad SMARTS) is 1. The van der Waals surface area contributed by atoms with Gasteiger partial charge < -0.3 is 15.2 Å². The molecular weight excluding hydrogens is 276 g/mol. The van der Waals surface area contributed by atoms with Gasteiger partial charge in [0.1, 0.15) is 5.41 Å². The van der Waals surface area contributed by atoms with Crippen LogP contribution in [0, 0.1) is 5.41 Å². The highest BCUT2D eigenvalue weighted by Gasteiger charge is 2.32. The summed E-state index contributed by atoms with van der Waals surface area (Å²) in [4.78, 5) is 15.6. The standard InChI is InChI=1S/C14H22N2O3S/c1-13(2,11(17)18)10-8-20-12(16-10)15-9-14(3)4-6-19-7-5-14/h8H,4-7,9H2,1-3H3,(H,15,16)(H,17,18). The molecule has 0 aromatic carbocycles. The van der Waals surface area contributed by atoms with Gasteiger partial charge in [-0.25, -0.2) is 4.98 Å². The molecule has 6 heteroatoms. The SMILES string of the molecule is CC1(CNc2nc(C(C)(C)C(=O)O)cs2)CCOCC1. The number of carbonyl (C=O) groups is 1. The van der Waals surface area contributed by atoms with Crippen LogP contribution in [-0.4, -0.2) is 35.8 Å². The first-order chi connectivity index (χ1) is 9.33. The fourth-order valence-corrected chi connectivity index (χ4v) is 2.96. The number of nitrogens with one attached hydrogen (secondary N) is 1. The van der Waals surface area contributed by atoms with Crippen LogP contribution >= 0.6 is 11.3 Å². The van der Waals surface area contributed by atoms with E-state index in [1.54, 1.807) is 13.8 Å². The number of hydrogen-bond donors (Lipinski definition) is 2. The van der Waals surface area contributed by atoms with Crippen molar-refractivity contribution in [3.63, 3.8) is 0 Å². The van der Waals surface area contributed by atoms with Gasteiger partial charge in [0.2, 0.25) is 0 Å². The summed E-state index contributed by atoms with van der Waals surface area (Å²) in [7, 11) is 0. The van der Waals surface area contributed by atoms with E-state index in [0.29, 0.717) is 5.69 Å². The summed E-state index contributed by atoms with van der Waals surface area (Å²) in [6.45, 7) is 8.07. The molecule has 0 saturated carbocycles. The highest BCUT2D eigenvalue weighted by molar-refractivity contribution is 7.13. The summed E-state index contributed by atoms with van der Waals surface area (Å²) >= 11 is 1.46. The zero-order chi connectivity index (χ0) is 14.8. The van der Waals surface area contributed by atoms with Crippen LogP contribution in [0.5, 0.6) is 0 Å². The van der Waals surface area contributed by atoms with Gasteiger partial charge >= 0.3 is 5.97 Å². The van der Waals surface area contributed by atoms with E-state index in [2.05, 4.69) is 17.2 Å². The maximum Gasteiger partial charge on any atom is 0.315 e. The highest BCUT2D eigenvalue weighted by atomic mass is 32.1. The Morgan fingerprint density at radius 2 is 2.20 bits per heavy atom. The molecule has 2 N–H and O–H groups in total. The number of carboxylic acids is 1. The third kappa shape index (κ3) is 3.30. The van der Waals surface area contributed by atoms with Crippen LogP contribution in [0.1, 0.15) is 39.3 Å². The van der Waals surface area contributed by atoms with Crippen molar-refractivity contribution >= 4 is 22.4 Å². The van der Waals surface area contributed by atoms with Gasteiger partial charge in [-0.2, -0.15) is 0 Å². The van der Waals surface area contributed by atoms with E-state index in [4.69, 9.17) is 4.74 Å². The van der Waals surface area contributed by atoms with Gasteiger partial charge in [-0.3, -0.25) is 4.79 Å². The van der Waals surface area contributed by atoms with E-state index in [9.17, 15) is 9.90 Å². The third-order valence-corrected chi connectivity index (χ3v) is 4.85. The summed E-state index contributed by atoms with van der Waals surface area (Å²) in [5.41, 5.74) is -0.111. The Morgan fingerprint density at radius 3 is 2.80 bits per heavy atom. The van der Waals surface area contributed by atoms with Gasteiger partial charge in [-0.05, 0) is 32.1 Å². The van der Waals surface area contributed by atoms with Crippen LogP contribution in [0.2, 0.25) is 0 Å². The molecule has 0 amide bonds. The van der Waals surface area contributed by atoms with E-state index in [1.807, 2.05) is 5.38 Å². The van der Waals surface area contributed by atoms with Gasteiger partial charge in [-0.1, -0.05) is 6.92 Å². The lowest BCUT2D eigenvalue weighted by molar-refractivity contribution is -0.142. The molecule has 2 heterocycles. The molecule has 0 spiro atoms. The Kier molecular flexibility index (Phi) is 4.34. The topological polar surface area (TPSA) is 71.5 Å². The van der Waals surface area contributed by atoms with Crippen LogP contribution in [0.15, 0.2) is 5.38 Å². The van der Waals surface area contributed by atoms with Gasteiger partial charge in [0, 0.05) is 25.1 Å². The Bertz CT molecular complexity index is 479. The van der Waals surface area contributed by atoms with Crippen molar-refractivity contribution in [1.29, 1.82) is 0 Å². The van der Waals surface area contributed by atoms with Gasteiger partial charge in [0.25, 0.3) is 0 Å². The van der Waals surface area contributed by atoms with Crippen molar-refractivity contribution in [2.45, 2.75) is 39.0 Å². The molecule has 1 aromatic rings. The molecule has 1 aromatic heterocycles. The van der Waals surface area contributed by atoms with E-state index >= 15 is 0 Å². The number of hydrogen-bond acceptors (Lipinski definition) is 5. The number of ether oxygens (including phenoxy) is 1. The largest absolute Gasteiger partial charge is 0.481 e. The van der Waals surface area contributed by atoms with Crippen molar-refractivity contribution in [2.24, 2.45) is 5.41 Å². The second kappa shape index (κ2) is 5.69. The van der Waals surface area contributed by atoms with Crippen LogP contribution in [0.25, 0.3) is 0 Å². The summed E-state index contributed by atoms with van der Waals surface area (Å²) in [6, 6.07) is 0. The van der Waals surface area contributed by atoms with Crippen LogP contribution in [0.3, 0.4) is 0 Å². The fraction of sp³-hybridized carbons (Fsp3) is 0.714. The number of aliphatic carboxylic acids is 1. The smallest absolute Gasteiger partial charge is 0.315 e. The van der Waals surface area contributed by atoms with Gasteiger partial charge in [-0.15, -0.1) is 11.3 Å². The lowest BCUT2D eigenvalue weighted by atomic mass is 9.82. The molecule has 0 aliphatic carbocycles.